The molecule has 0 bridgehead atoms. The Labute approximate surface area is 158 Å². The summed E-state index contributed by atoms with van der Waals surface area (Å²) in [4.78, 5) is 12.6. The monoisotopic (exact) mass is 377 g/mol. The highest BCUT2D eigenvalue weighted by Gasteiger charge is 2.20. The Morgan fingerprint density at radius 2 is 1.92 bits per heavy atom. The molecular weight excluding hydrogens is 357 g/mol. The Balaban J connectivity index is 1.71. The quantitative estimate of drug-likeness (QED) is 0.728. The zero-order chi connectivity index (χ0) is 17.8. The van der Waals surface area contributed by atoms with Crippen molar-refractivity contribution in [2.45, 2.75) is 45.1 Å². The molecule has 0 aliphatic heterocycles. The van der Waals surface area contributed by atoms with E-state index in [1.165, 1.54) is 24.0 Å². The summed E-state index contributed by atoms with van der Waals surface area (Å²) < 4.78 is 5.95. The van der Waals surface area contributed by atoms with Crippen LogP contribution in [0, 0.1) is 0 Å². The van der Waals surface area contributed by atoms with Crippen molar-refractivity contribution in [3.63, 3.8) is 0 Å². The molecule has 1 N–H and O–H groups in total. The van der Waals surface area contributed by atoms with Gasteiger partial charge in [-0.2, -0.15) is 0 Å². The zero-order valence-electron chi connectivity index (χ0n) is 14.1. The largest absolute Gasteiger partial charge is 0.481 e. The minimum absolute atomic E-state index is 0.232. The SMILES string of the molecule is CC[C@H](Oc1ccc2c(c1)CCCC2)C(=O)Nc1cccc(Cl)c1Cl. The van der Waals surface area contributed by atoms with E-state index >= 15 is 0 Å². The second kappa shape index (κ2) is 8.11. The van der Waals surface area contributed by atoms with Crippen LogP contribution in [0.2, 0.25) is 10.0 Å². The van der Waals surface area contributed by atoms with E-state index in [1.807, 2.05) is 13.0 Å². The number of fused-ring (bicyclic) bond motifs is 1. The maximum absolute atomic E-state index is 12.6. The molecule has 0 saturated heterocycles. The zero-order valence-corrected chi connectivity index (χ0v) is 15.7. The number of carbonyl (C=O) groups excluding carboxylic acids is 1. The van der Waals surface area contributed by atoms with Crippen molar-refractivity contribution in [1.29, 1.82) is 0 Å². The maximum Gasteiger partial charge on any atom is 0.265 e. The van der Waals surface area contributed by atoms with Gasteiger partial charge in [0, 0.05) is 0 Å². The summed E-state index contributed by atoms with van der Waals surface area (Å²) in [5.74, 6) is 0.504. The molecule has 1 aliphatic rings. The molecule has 3 rings (SSSR count). The second-order valence-electron chi connectivity index (χ2n) is 6.24. The van der Waals surface area contributed by atoms with Crippen molar-refractivity contribution < 1.29 is 9.53 Å². The van der Waals surface area contributed by atoms with E-state index in [0.717, 1.165) is 18.6 Å². The van der Waals surface area contributed by atoms with Gasteiger partial charge in [-0.15, -0.1) is 0 Å². The average molecular weight is 378 g/mol. The van der Waals surface area contributed by atoms with Gasteiger partial charge in [-0.3, -0.25) is 4.79 Å². The topological polar surface area (TPSA) is 38.3 Å². The van der Waals surface area contributed by atoms with Crippen LogP contribution in [0.25, 0.3) is 0 Å². The van der Waals surface area contributed by atoms with Gasteiger partial charge in [-0.1, -0.05) is 42.3 Å². The van der Waals surface area contributed by atoms with E-state index in [2.05, 4.69) is 17.4 Å². The number of hydrogen-bond acceptors (Lipinski definition) is 2. The first-order valence-corrected chi connectivity index (χ1v) is 9.37. The highest BCUT2D eigenvalue weighted by atomic mass is 35.5. The lowest BCUT2D eigenvalue weighted by atomic mass is 9.92. The molecule has 5 heteroatoms. The average Bonchev–Trinajstić information content (AvgIpc) is 2.63. The summed E-state index contributed by atoms with van der Waals surface area (Å²) in [5.41, 5.74) is 3.21. The first kappa shape index (κ1) is 18.1. The lowest BCUT2D eigenvalue weighted by Gasteiger charge is -2.20. The molecule has 0 saturated carbocycles. The van der Waals surface area contributed by atoms with E-state index < -0.39 is 6.10 Å². The molecule has 1 atom stereocenters. The van der Waals surface area contributed by atoms with Gasteiger partial charge in [0.1, 0.15) is 5.75 Å². The Morgan fingerprint density at radius 3 is 2.68 bits per heavy atom. The van der Waals surface area contributed by atoms with Gasteiger partial charge in [0.2, 0.25) is 0 Å². The summed E-state index contributed by atoms with van der Waals surface area (Å²) in [6.45, 7) is 1.92. The fraction of sp³-hybridized carbons (Fsp3) is 0.350. The summed E-state index contributed by atoms with van der Waals surface area (Å²) in [7, 11) is 0. The van der Waals surface area contributed by atoms with Crippen LogP contribution in [0.1, 0.15) is 37.3 Å². The second-order valence-corrected chi connectivity index (χ2v) is 7.03. The van der Waals surface area contributed by atoms with Crippen LogP contribution in [0.5, 0.6) is 5.75 Å². The molecule has 0 fully saturated rings. The van der Waals surface area contributed by atoms with Crippen LogP contribution in [0.3, 0.4) is 0 Å². The van der Waals surface area contributed by atoms with Crippen LogP contribution in [0.15, 0.2) is 36.4 Å². The van der Waals surface area contributed by atoms with Crippen molar-refractivity contribution in [3.05, 3.63) is 57.6 Å². The van der Waals surface area contributed by atoms with Crippen LogP contribution >= 0.6 is 23.2 Å². The normalized spacial score (nSPS) is 14.5. The van der Waals surface area contributed by atoms with E-state index in [-0.39, 0.29) is 5.91 Å². The van der Waals surface area contributed by atoms with Crippen molar-refractivity contribution in [1.82, 2.24) is 0 Å². The van der Waals surface area contributed by atoms with Gasteiger partial charge in [0.15, 0.2) is 6.10 Å². The van der Waals surface area contributed by atoms with Crippen LogP contribution in [-0.4, -0.2) is 12.0 Å². The van der Waals surface area contributed by atoms with Crippen molar-refractivity contribution in [2.75, 3.05) is 5.32 Å². The van der Waals surface area contributed by atoms with Crippen molar-refractivity contribution in [2.24, 2.45) is 0 Å². The molecule has 0 radical (unpaired) electrons. The molecule has 25 heavy (non-hydrogen) atoms. The fourth-order valence-electron chi connectivity index (χ4n) is 3.08. The van der Waals surface area contributed by atoms with Gasteiger partial charge in [0.25, 0.3) is 5.91 Å². The highest BCUT2D eigenvalue weighted by Crippen LogP contribution is 2.30. The number of anilines is 1. The summed E-state index contributed by atoms with van der Waals surface area (Å²) in [5, 5.41) is 3.54. The van der Waals surface area contributed by atoms with Crippen LogP contribution < -0.4 is 10.1 Å². The van der Waals surface area contributed by atoms with Crippen LogP contribution in [-0.2, 0) is 17.6 Å². The minimum atomic E-state index is -0.586. The smallest absolute Gasteiger partial charge is 0.265 e. The molecule has 2 aromatic rings. The van der Waals surface area contributed by atoms with Crippen LogP contribution in [0.4, 0.5) is 5.69 Å². The van der Waals surface area contributed by atoms with Gasteiger partial charge >= 0.3 is 0 Å². The Morgan fingerprint density at radius 1 is 1.16 bits per heavy atom. The number of aryl methyl sites for hydroxylation is 2. The molecule has 1 aliphatic carbocycles. The Kier molecular flexibility index (Phi) is 5.87. The molecular formula is C20H21Cl2NO2. The third kappa shape index (κ3) is 4.28. The number of hydrogen-bond donors (Lipinski definition) is 1. The van der Waals surface area contributed by atoms with Crippen molar-refractivity contribution >= 4 is 34.8 Å². The standard InChI is InChI=1S/C20H21Cl2NO2/c1-2-18(20(24)23-17-9-5-8-16(21)19(17)22)25-15-11-10-13-6-3-4-7-14(13)12-15/h5,8-12,18H,2-4,6-7H2,1H3,(H,23,24)/t18-/m0/s1. The van der Waals surface area contributed by atoms with E-state index in [1.54, 1.807) is 18.2 Å². The Bertz CT molecular complexity index is 776. The Hall–Kier alpha value is -1.71. The summed E-state index contributed by atoms with van der Waals surface area (Å²) >= 11 is 12.1. The molecule has 2 aromatic carbocycles. The number of carbonyl (C=O) groups is 1. The highest BCUT2D eigenvalue weighted by molar-refractivity contribution is 6.44. The summed E-state index contributed by atoms with van der Waals surface area (Å²) in [6, 6.07) is 11.3. The number of ether oxygens (including phenoxy) is 1. The molecule has 0 spiro atoms. The van der Waals surface area contributed by atoms with E-state index in [0.29, 0.717) is 22.2 Å². The van der Waals surface area contributed by atoms with Gasteiger partial charge < -0.3 is 10.1 Å². The molecule has 132 valence electrons. The number of benzene rings is 2. The van der Waals surface area contributed by atoms with Crippen molar-refractivity contribution in [3.8, 4) is 5.75 Å². The number of rotatable bonds is 5. The summed E-state index contributed by atoms with van der Waals surface area (Å²) in [6.07, 6.45) is 4.63. The predicted molar refractivity (Wildman–Crippen MR) is 103 cm³/mol. The predicted octanol–water partition coefficient (Wildman–Crippen LogP) is 5.67. The molecule has 0 unspecified atom stereocenters. The number of nitrogens with one attached hydrogen (secondary N) is 1. The fourth-order valence-corrected chi connectivity index (χ4v) is 3.43. The number of amides is 1. The first-order valence-electron chi connectivity index (χ1n) is 8.62. The van der Waals surface area contributed by atoms with Gasteiger partial charge in [-0.05, 0) is 67.5 Å². The third-order valence-electron chi connectivity index (χ3n) is 4.47. The molecule has 1 amide bonds. The molecule has 0 aromatic heterocycles. The maximum atomic E-state index is 12.6. The lowest BCUT2D eigenvalue weighted by Crippen LogP contribution is -2.32. The van der Waals surface area contributed by atoms with E-state index in [9.17, 15) is 4.79 Å². The van der Waals surface area contributed by atoms with E-state index in [4.69, 9.17) is 27.9 Å². The molecule has 3 nitrogen and oxygen atoms in total. The molecule has 0 heterocycles. The third-order valence-corrected chi connectivity index (χ3v) is 5.29. The lowest BCUT2D eigenvalue weighted by molar-refractivity contribution is -0.122. The van der Waals surface area contributed by atoms with Gasteiger partial charge in [0.05, 0.1) is 15.7 Å². The number of halogens is 2. The van der Waals surface area contributed by atoms with Gasteiger partial charge in [-0.25, -0.2) is 0 Å². The first-order chi connectivity index (χ1) is 12.1. The minimum Gasteiger partial charge on any atom is -0.481 e.